The number of anilines is 1. The van der Waals surface area contributed by atoms with Crippen molar-refractivity contribution in [3.8, 4) is 0 Å². The Hall–Kier alpha value is -0.900. The van der Waals surface area contributed by atoms with Crippen molar-refractivity contribution in [1.29, 1.82) is 0 Å². The van der Waals surface area contributed by atoms with Gasteiger partial charge in [0.15, 0.2) is 0 Å². The van der Waals surface area contributed by atoms with Crippen LogP contribution < -0.4 is 5.32 Å². The molecular formula is C14H21BrN2O. The van der Waals surface area contributed by atoms with Gasteiger partial charge in [0.2, 0.25) is 5.91 Å². The number of rotatable bonds is 6. The van der Waals surface area contributed by atoms with Crippen molar-refractivity contribution in [3.63, 3.8) is 0 Å². The lowest BCUT2D eigenvalue weighted by Crippen LogP contribution is -2.22. The molecule has 100 valence electrons. The highest BCUT2D eigenvalue weighted by Crippen LogP contribution is 2.19. The summed E-state index contributed by atoms with van der Waals surface area (Å²) >= 11 is 3.32. The van der Waals surface area contributed by atoms with Crippen LogP contribution in [0.1, 0.15) is 45.2 Å². The third-order valence-electron chi connectivity index (χ3n) is 3.08. The smallest absolute Gasteiger partial charge is 0.227 e. The first-order valence-corrected chi connectivity index (χ1v) is 7.31. The van der Waals surface area contributed by atoms with Crippen molar-refractivity contribution in [3.05, 3.63) is 22.4 Å². The third-order valence-corrected chi connectivity index (χ3v) is 3.52. The number of halogens is 1. The van der Waals surface area contributed by atoms with Crippen LogP contribution in [0.25, 0.3) is 0 Å². The van der Waals surface area contributed by atoms with E-state index in [2.05, 4.69) is 40.1 Å². The van der Waals surface area contributed by atoms with E-state index < -0.39 is 0 Å². The second kappa shape index (κ2) is 7.52. The Kier molecular flexibility index (Phi) is 6.33. The Labute approximate surface area is 118 Å². The zero-order valence-electron chi connectivity index (χ0n) is 11.3. The van der Waals surface area contributed by atoms with Crippen LogP contribution in [0.5, 0.6) is 0 Å². The molecule has 0 aromatic carbocycles. The molecular weight excluding hydrogens is 292 g/mol. The van der Waals surface area contributed by atoms with Gasteiger partial charge in [0.1, 0.15) is 4.60 Å². The highest BCUT2D eigenvalue weighted by molar-refractivity contribution is 9.10. The van der Waals surface area contributed by atoms with Crippen LogP contribution in [0, 0.1) is 12.8 Å². The Balaban J connectivity index is 2.67. The second-order valence-corrected chi connectivity index (χ2v) is 5.32. The standard InChI is InChI=1S/C14H21BrN2O/c1-4-6-7-11(5-2)14(18)17-12-8-9-13(15)16-10(12)3/h8-9,11H,4-7H2,1-3H3,(H,17,18). The molecule has 1 atom stereocenters. The quantitative estimate of drug-likeness (QED) is 0.795. The molecule has 1 heterocycles. The van der Waals surface area contributed by atoms with Gasteiger partial charge in [0.25, 0.3) is 0 Å². The van der Waals surface area contributed by atoms with Gasteiger partial charge in [-0.25, -0.2) is 4.98 Å². The van der Waals surface area contributed by atoms with Gasteiger partial charge < -0.3 is 5.32 Å². The lowest BCUT2D eigenvalue weighted by atomic mass is 9.98. The number of aryl methyl sites for hydroxylation is 1. The van der Waals surface area contributed by atoms with Crippen LogP contribution in [-0.2, 0) is 4.79 Å². The second-order valence-electron chi connectivity index (χ2n) is 4.50. The number of carbonyl (C=O) groups is 1. The first-order chi connectivity index (χ1) is 8.58. The van der Waals surface area contributed by atoms with Gasteiger partial charge in [0, 0.05) is 5.92 Å². The predicted octanol–water partition coefficient (Wildman–Crippen LogP) is 4.31. The Bertz CT molecular complexity index is 407. The lowest BCUT2D eigenvalue weighted by molar-refractivity contribution is -0.120. The fourth-order valence-electron chi connectivity index (χ4n) is 1.87. The van der Waals surface area contributed by atoms with Gasteiger partial charge in [-0.2, -0.15) is 0 Å². The van der Waals surface area contributed by atoms with E-state index in [1.54, 1.807) is 0 Å². The van der Waals surface area contributed by atoms with Gasteiger partial charge in [-0.1, -0.05) is 26.7 Å². The summed E-state index contributed by atoms with van der Waals surface area (Å²) in [7, 11) is 0. The van der Waals surface area contributed by atoms with Gasteiger partial charge in [-0.15, -0.1) is 0 Å². The van der Waals surface area contributed by atoms with Crippen molar-refractivity contribution in [2.75, 3.05) is 5.32 Å². The maximum Gasteiger partial charge on any atom is 0.227 e. The normalized spacial score (nSPS) is 12.2. The molecule has 0 fully saturated rings. The number of aromatic nitrogens is 1. The number of nitrogens with one attached hydrogen (secondary N) is 1. The Morgan fingerprint density at radius 1 is 1.44 bits per heavy atom. The predicted molar refractivity (Wildman–Crippen MR) is 78.6 cm³/mol. The van der Waals surface area contributed by atoms with E-state index in [0.717, 1.165) is 41.7 Å². The average molecular weight is 313 g/mol. The zero-order chi connectivity index (χ0) is 13.5. The molecule has 0 aliphatic heterocycles. The molecule has 1 unspecified atom stereocenters. The Morgan fingerprint density at radius 3 is 2.72 bits per heavy atom. The zero-order valence-corrected chi connectivity index (χ0v) is 12.9. The summed E-state index contributed by atoms with van der Waals surface area (Å²) in [5.74, 6) is 0.214. The highest BCUT2D eigenvalue weighted by Gasteiger charge is 2.16. The number of carbonyl (C=O) groups excluding carboxylic acids is 1. The lowest BCUT2D eigenvalue weighted by Gasteiger charge is -2.15. The van der Waals surface area contributed by atoms with E-state index in [1.165, 1.54) is 0 Å². The molecule has 18 heavy (non-hydrogen) atoms. The molecule has 3 nitrogen and oxygen atoms in total. The number of pyridine rings is 1. The molecule has 0 saturated heterocycles. The summed E-state index contributed by atoms with van der Waals surface area (Å²) in [5, 5.41) is 2.98. The number of unbranched alkanes of at least 4 members (excludes halogenated alkanes) is 1. The summed E-state index contributed by atoms with van der Waals surface area (Å²) in [4.78, 5) is 16.4. The van der Waals surface area contributed by atoms with Crippen LogP contribution >= 0.6 is 15.9 Å². The third kappa shape index (κ3) is 4.41. The molecule has 0 radical (unpaired) electrons. The van der Waals surface area contributed by atoms with Gasteiger partial charge in [-0.05, 0) is 47.8 Å². The maximum absolute atomic E-state index is 12.1. The monoisotopic (exact) mass is 312 g/mol. The molecule has 0 bridgehead atoms. The number of nitrogens with zero attached hydrogens (tertiary/aromatic N) is 1. The van der Waals surface area contributed by atoms with E-state index >= 15 is 0 Å². The molecule has 0 saturated carbocycles. The summed E-state index contributed by atoms with van der Waals surface area (Å²) in [5.41, 5.74) is 1.64. The summed E-state index contributed by atoms with van der Waals surface area (Å²) < 4.78 is 0.788. The minimum Gasteiger partial charge on any atom is -0.324 e. The molecule has 1 aromatic heterocycles. The molecule has 0 aliphatic carbocycles. The molecule has 1 aromatic rings. The van der Waals surface area contributed by atoms with Crippen LogP contribution in [0.2, 0.25) is 0 Å². The Morgan fingerprint density at radius 2 is 2.17 bits per heavy atom. The fourth-order valence-corrected chi connectivity index (χ4v) is 2.27. The van der Waals surface area contributed by atoms with Gasteiger partial charge in [-0.3, -0.25) is 4.79 Å². The first kappa shape index (κ1) is 15.2. The number of hydrogen-bond donors (Lipinski definition) is 1. The van der Waals surface area contributed by atoms with Gasteiger partial charge in [0.05, 0.1) is 11.4 Å². The van der Waals surface area contributed by atoms with Crippen LogP contribution in [0.15, 0.2) is 16.7 Å². The van der Waals surface area contributed by atoms with Crippen LogP contribution in [0.4, 0.5) is 5.69 Å². The molecule has 0 spiro atoms. The van der Waals surface area contributed by atoms with Crippen molar-refractivity contribution < 1.29 is 4.79 Å². The SMILES string of the molecule is CCCCC(CC)C(=O)Nc1ccc(Br)nc1C. The highest BCUT2D eigenvalue weighted by atomic mass is 79.9. The maximum atomic E-state index is 12.1. The first-order valence-electron chi connectivity index (χ1n) is 6.52. The fraction of sp³-hybridized carbons (Fsp3) is 0.571. The van der Waals surface area contributed by atoms with Crippen molar-refractivity contribution in [2.24, 2.45) is 5.92 Å². The molecule has 4 heteroatoms. The van der Waals surface area contributed by atoms with E-state index in [0.29, 0.717) is 0 Å². The van der Waals surface area contributed by atoms with Gasteiger partial charge >= 0.3 is 0 Å². The minimum absolute atomic E-state index is 0.105. The largest absolute Gasteiger partial charge is 0.324 e. The van der Waals surface area contributed by atoms with Crippen molar-refractivity contribution in [1.82, 2.24) is 4.98 Å². The van der Waals surface area contributed by atoms with E-state index in [9.17, 15) is 4.79 Å². The summed E-state index contributed by atoms with van der Waals surface area (Å²) in [6, 6.07) is 3.73. The van der Waals surface area contributed by atoms with Crippen LogP contribution in [0.3, 0.4) is 0 Å². The minimum atomic E-state index is 0.105. The van der Waals surface area contributed by atoms with E-state index in [-0.39, 0.29) is 11.8 Å². The average Bonchev–Trinajstić information content (AvgIpc) is 2.34. The number of hydrogen-bond acceptors (Lipinski definition) is 2. The van der Waals surface area contributed by atoms with Crippen molar-refractivity contribution in [2.45, 2.75) is 46.5 Å². The molecule has 1 rings (SSSR count). The van der Waals surface area contributed by atoms with Crippen LogP contribution in [-0.4, -0.2) is 10.9 Å². The molecule has 1 amide bonds. The molecule has 0 aliphatic rings. The molecule has 1 N–H and O–H groups in total. The number of amides is 1. The summed E-state index contributed by atoms with van der Waals surface area (Å²) in [6.07, 6.45) is 4.07. The van der Waals surface area contributed by atoms with E-state index in [4.69, 9.17) is 0 Å². The summed E-state index contributed by atoms with van der Waals surface area (Å²) in [6.45, 7) is 6.10. The topological polar surface area (TPSA) is 42.0 Å². The van der Waals surface area contributed by atoms with E-state index in [1.807, 2.05) is 19.1 Å². The van der Waals surface area contributed by atoms with Crippen molar-refractivity contribution >= 4 is 27.5 Å².